The molecule has 3 fully saturated rings. The van der Waals surface area contributed by atoms with Gasteiger partial charge in [0.1, 0.15) is 11.8 Å². The molecular weight excluding hydrogens is 572 g/mol. The number of nitro groups is 1. The van der Waals surface area contributed by atoms with Crippen molar-refractivity contribution >= 4 is 27.5 Å². The molecule has 0 aliphatic heterocycles. The molecule has 1 unspecified atom stereocenters. The van der Waals surface area contributed by atoms with Crippen LogP contribution in [0.1, 0.15) is 57.9 Å². The summed E-state index contributed by atoms with van der Waals surface area (Å²) in [6, 6.07) is 13.4. The molecule has 2 aromatic rings. The van der Waals surface area contributed by atoms with Gasteiger partial charge in [-0.25, -0.2) is 13.1 Å². The Kier molecular flexibility index (Phi) is 8.36. The van der Waals surface area contributed by atoms with Crippen molar-refractivity contribution in [3.63, 3.8) is 0 Å². The summed E-state index contributed by atoms with van der Waals surface area (Å²) in [4.78, 5) is 35.5. The van der Waals surface area contributed by atoms with E-state index < -0.39 is 43.5 Å². The number of aliphatic carboxylic acids is 1. The molecule has 5 rings (SSSR count). The number of carboxylic acid groups (broad SMARTS) is 1. The molecule has 0 radical (unpaired) electrons. The summed E-state index contributed by atoms with van der Waals surface area (Å²) in [7, 11) is -4.07. The SMILES string of the molecule is CC1(C)[C@H]2CCC1(CS(=O)(=O)N[C@@H](Cc1ccc(-c3cccc(N/C(=C/[N+](=O)[O-])NC4CCC4)c3)cc1)C(=O)O)C(=O)C2. The molecule has 0 amide bonds. The van der Waals surface area contributed by atoms with Gasteiger partial charge < -0.3 is 15.7 Å². The first-order chi connectivity index (χ1) is 20.3. The normalized spacial score (nSPS) is 23.9. The van der Waals surface area contributed by atoms with Crippen LogP contribution < -0.4 is 15.4 Å². The van der Waals surface area contributed by atoms with Gasteiger partial charge in [-0.1, -0.05) is 50.2 Å². The molecule has 3 saturated carbocycles. The molecule has 3 aliphatic carbocycles. The van der Waals surface area contributed by atoms with Crippen LogP contribution in [0.4, 0.5) is 5.69 Å². The number of rotatable bonds is 13. The van der Waals surface area contributed by atoms with E-state index in [0.29, 0.717) is 29.9 Å². The lowest BCUT2D eigenvalue weighted by molar-refractivity contribution is -0.403. The number of fused-ring (bicyclic) bond motifs is 2. The van der Waals surface area contributed by atoms with E-state index in [9.17, 15) is 33.2 Å². The molecule has 0 heterocycles. The zero-order chi connectivity index (χ0) is 31.0. The van der Waals surface area contributed by atoms with Crippen LogP contribution in [0.25, 0.3) is 11.1 Å². The molecule has 2 bridgehead atoms. The molecule has 0 aromatic heterocycles. The fourth-order valence-corrected chi connectivity index (χ4v) is 8.88. The molecule has 0 spiro atoms. The number of carbonyl (C=O) groups excluding carboxylic acids is 1. The topological polar surface area (TPSA) is 168 Å². The molecule has 43 heavy (non-hydrogen) atoms. The monoisotopic (exact) mass is 610 g/mol. The number of nitrogens with zero attached hydrogens (tertiary/aromatic N) is 1. The van der Waals surface area contributed by atoms with Gasteiger partial charge in [0.2, 0.25) is 10.0 Å². The number of sulfonamides is 1. The standard InChI is InChI=1S/C31H38N4O7S/c1-30(2)23-13-14-31(30,27(36)17-23)19-43(41,42)34-26(29(37)38)15-20-9-11-21(12-10-20)22-5-3-8-25(16-22)33-28(18-35(39)40)32-24-6-4-7-24/h3,5,8-12,16,18,23-24,26,32-34H,4,6-7,13-15,17,19H2,1-2H3,(H,37,38)/b28-18+/t23-,26-,31?/m0/s1. The Bertz CT molecular complexity index is 1550. The summed E-state index contributed by atoms with van der Waals surface area (Å²) in [6.07, 6.45) is 5.56. The minimum atomic E-state index is -4.07. The molecule has 4 N–H and O–H groups in total. The third-order valence-corrected chi connectivity index (χ3v) is 11.3. The molecule has 2 aromatic carbocycles. The predicted molar refractivity (Wildman–Crippen MR) is 162 cm³/mol. The van der Waals surface area contributed by atoms with E-state index in [4.69, 9.17) is 0 Å². The van der Waals surface area contributed by atoms with Gasteiger partial charge in [0.15, 0.2) is 5.82 Å². The van der Waals surface area contributed by atoms with Crippen LogP contribution in [0.15, 0.2) is 60.6 Å². The van der Waals surface area contributed by atoms with Gasteiger partial charge in [0, 0.05) is 23.6 Å². The van der Waals surface area contributed by atoms with Crippen LogP contribution in [0.3, 0.4) is 0 Å². The third-order valence-electron chi connectivity index (χ3n) is 9.76. The number of anilines is 1. The van der Waals surface area contributed by atoms with E-state index in [1.54, 1.807) is 12.1 Å². The fourth-order valence-electron chi connectivity index (χ4n) is 6.85. The van der Waals surface area contributed by atoms with Gasteiger partial charge >= 0.3 is 5.97 Å². The zero-order valence-electron chi connectivity index (χ0n) is 24.3. The van der Waals surface area contributed by atoms with E-state index in [1.807, 2.05) is 50.2 Å². The number of carbonyl (C=O) groups is 2. The van der Waals surface area contributed by atoms with Crippen LogP contribution in [0, 0.1) is 26.9 Å². The van der Waals surface area contributed by atoms with Crippen LogP contribution in [0.2, 0.25) is 0 Å². The van der Waals surface area contributed by atoms with Crippen LogP contribution in [-0.4, -0.2) is 48.0 Å². The van der Waals surface area contributed by atoms with Crippen molar-refractivity contribution in [2.75, 3.05) is 11.1 Å². The summed E-state index contributed by atoms with van der Waals surface area (Å²) in [6.45, 7) is 3.89. The number of nitrogens with one attached hydrogen (secondary N) is 3. The predicted octanol–water partition coefficient (Wildman–Crippen LogP) is 4.29. The lowest BCUT2D eigenvalue weighted by Gasteiger charge is -2.36. The van der Waals surface area contributed by atoms with Gasteiger partial charge in [-0.15, -0.1) is 0 Å². The van der Waals surface area contributed by atoms with Gasteiger partial charge in [-0.05, 0) is 78.7 Å². The maximum absolute atomic E-state index is 13.2. The van der Waals surface area contributed by atoms with Crippen molar-refractivity contribution in [3.8, 4) is 11.1 Å². The number of Topliss-reactive ketones (excluding diaryl/α,β-unsaturated/α-hetero) is 1. The van der Waals surface area contributed by atoms with Crippen LogP contribution in [-0.2, 0) is 26.0 Å². The highest BCUT2D eigenvalue weighted by Crippen LogP contribution is 2.64. The minimum Gasteiger partial charge on any atom is -0.480 e. The van der Waals surface area contributed by atoms with Crippen LogP contribution >= 0.6 is 0 Å². The Morgan fingerprint density at radius 3 is 2.42 bits per heavy atom. The fraction of sp³-hybridized carbons (Fsp3) is 0.484. The highest BCUT2D eigenvalue weighted by molar-refractivity contribution is 7.89. The third kappa shape index (κ3) is 6.45. The summed E-state index contributed by atoms with van der Waals surface area (Å²) in [5.41, 5.74) is 1.55. The Balaban J connectivity index is 1.26. The van der Waals surface area contributed by atoms with E-state index in [1.165, 1.54) is 0 Å². The molecule has 0 saturated heterocycles. The first-order valence-electron chi connectivity index (χ1n) is 14.6. The second-order valence-corrected chi connectivity index (χ2v) is 14.4. The van der Waals surface area contributed by atoms with Gasteiger partial charge in [0.05, 0.1) is 10.7 Å². The first-order valence-corrected chi connectivity index (χ1v) is 16.3. The summed E-state index contributed by atoms with van der Waals surface area (Å²) in [5, 5.41) is 27.2. The Hall–Kier alpha value is -3.77. The molecule has 3 atom stereocenters. The minimum absolute atomic E-state index is 0.0412. The number of hydrogen-bond acceptors (Lipinski definition) is 8. The quantitative estimate of drug-likeness (QED) is 0.191. The molecule has 11 nitrogen and oxygen atoms in total. The van der Waals surface area contributed by atoms with E-state index >= 15 is 0 Å². The van der Waals surface area contributed by atoms with Crippen LogP contribution in [0.5, 0.6) is 0 Å². The Morgan fingerprint density at radius 2 is 1.86 bits per heavy atom. The lowest BCUT2D eigenvalue weighted by Crippen LogP contribution is -2.49. The Labute approximate surface area is 251 Å². The molecule has 3 aliphatic rings. The molecule has 230 valence electrons. The second-order valence-electron chi connectivity index (χ2n) is 12.6. The van der Waals surface area contributed by atoms with Crippen molar-refractivity contribution in [1.82, 2.24) is 10.0 Å². The van der Waals surface area contributed by atoms with Gasteiger partial charge in [0.25, 0.3) is 6.20 Å². The maximum atomic E-state index is 13.2. The maximum Gasteiger partial charge on any atom is 0.322 e. The summed E-state index contributed by atoms with van der Waals surface area (Å²) < 4.78 is 28.8. The number of benzene rings is 2. The smallest absolute Gasteiger partial charge is 0.322 e. The van der Waals surface area contributed by atoms with Crippen molar-refractivity contribution < 1.29 is 28.0 Å². The van der Waals surface area contributed by atoms with E-state index in [0.717, 1.165) is 43.0 Å². The molecular formula is C31H38N4O7S. The average Bonchev–Trinajstić information content (AvgIpc) is 3.24. The average molecular weight is 611 g/mol. The zero-order valence-corrected chi connectivity index (χ0v) is 25.2. The second kappa shape index (κ2) is 11.7. The number of ketones is 1. The summed E-state index contributed by atoms with van der Waals surface area (Å²) >= 11 is 0. The van der Waals surface area contributed by atoms with Gasteiger partial charge in [-0.2, -0.15) is 0 Å². The highest BCUT2D eigenvalue weighted by Gasteiger charge is 2.65. The Morgan fingerprint density at radius 1 is 1.14 bits per heavy atom. The number of hydrogen-bond donors (Lipinski definition) is 4. The van der Waals surface area contributed by atoms with Crippen molar-refractivity contribution in [2.45, 2.75) is 70.9 Å². The van der Waals surface area contributed by atoms with Crippen molar-refractivity contribution in [3.05, 3.63) is 76.2 Å². The van der Waals surface area contributed by atoms with Crippen molar-refractivity contribution in [2.24, 2.45) is 16.7 Å². The lowest BCUT2D eigenvalue weighted by atomic mass is 9.70. The van der Waals surface area contributed by atoms with Gasteiger partial charge in [-0.3, -0.25) is 19.7 Å². The van der Waals surface area contributed by atoms with E-state index in [-0.39, 0.29) is 24.2 Å². The highest BCUT2D eigenvalue weighted by atomic mass is 32.2. The molecule has 12 heteroatoms. The van der Waals surface area contributed by atoms with Crippen molar-refractivity contribution in [1.29, 1.82) is 0 Å². The largest absolute Gasteiger partial charge is 0.480 e. The van der Waals surface area contributed by atoms with E-state index in [2.05, 4.69) is 15.4 Å². The summed E-state index contributed by atoms with van der Waals surface area (Å²) in [5.74, 6) is -1.26. The first kappa shape index (κ1) is 30.7. The number of carboxylic acids is 1.